The molecule has 0 bridgehead atoms. The third-order valence-corrected chi connectivity index (χ3v) is 3.72. The number of pyridine rings is 1. The molecule has 19 heavy (non-hydrogen) atoms. The van der Waals surface area contributed by atoms with E-state index >= 15 is 0 Å². The molecule has 92 valence electrons. The van der Waals surface area contributed by atoms with Gasteiger partial charge in [-0.3, -0.25) is 0 Å². The summed E-state index contributed by atoms with van der Waals surface area (Å²) in [6.07, 6.45) is 0. The molecule has 0 atom stereocenters. The van der Waals surface area contributed by atoms with Crippen molar-refractivity contribution < 1.29 is 4.39 Å². The topological polar surface area (TPSA) is 28.7 Å². The van der Waals surface area contributed by atoms with Gasteiger partial charge in [-0.05, 0) is 24.3 Å². The highest BCUT2D eigenvalue weighted by Crippen LogP contribution is 2.34. The molecule has 0 aliphatic rings. The van der Waals surface area contributed by atoms with Gasteiger partial charge in [-0.1, -0.05) is 29.8 Å². The van der Waals surface area contributed by atoms with E-state index in [0.717, 1.165) is 27.3 Å². The molecule has 0 saturated heterocycles. The van der Waals surface area contributed by atoms with E-state index in [-0.39, 0.29) is 5.82 Å². The van der Waals surface area contributed by atoms with Gasteiger partial charge in [0, 0.05) is 16.3 Å². The van der Waals surface area contributed by atoms with Gasteiger partial charge in [-0.15, -0.1) is 0 Å². The Labute approximate surface area is 112 Å². The van der Waals surface area contributed by atoms with Crippen LogP contribution in [0.4, 0.5) is 4.39 Å². The zero-order valence-corrected chi connectivity index (χ0v) is 10.5. The number of benzene rings is 2. The second-order valence-corrected chi connectivity index (χ2v) is 4.86. The first kappa shape index (κ1) is 10.8. The predicted octanol–water partition coefficient (Wildman–Crippen LogP) is 4.66. The van der Waals surface area contributed by atoms with Gasteiger partial charge in [0.2, 0.25) is 0 Å². The van der Waals surface area contributed by atoms with Crippen LogP contribution < -0.4 is 0 Å². The normalized spacial score (nSPS) is 11.7. The highest BCUT2D eigenvalue weighted by atomic mass is 35.5. The van der Waals surface area contributed by atoms with Gasteiger partial charge in [0.1, 0.15) is 5.82 Å². The van der Waals surface area contributed by atoms with Crippen LogP contribution in [-0.4, -0.2) is 9.97 Å². The van der Waals surface area contributed by atoms with Crippen LogP contribution >= 0.6 is 11.6 Å². The molecule has 4 heteroatoms. The number of aromatic amines is 1. The molecular formula is C15H8ClFN2. The van der Waals surface area contributed by atoms with Crippen LogP contribution in [0.2, 0.25) is 5.02 Å². The van der Waals surface area contributed by atoms with Crippen molar-refractivity contribution in [3.05, 3.63) is 53.3 Å². The fraction of sp³-hybridized carbons (Fsp3) is 0. The number of fused-ring (bicyclic) bond motifs is 4. The lowest BCUT2D eigenvalue weighted by Gasteiger charge is -2.01. The quantitative estimate of drug-likeness (QED) is 0.494. The van der Waals surface area contributed by atoms with Gasteiger partial charge in [0.25, 0.3) is 0 Å². The third-order valence-electron chi connectivity index (χ3n) is 3.33. The van der Waals surface area contributed by atoms with Crippen molar-refractivity contribution in [2.75, 3.05) is 0 Å². The van der Waals surface area contributed by atoms with Crippen molar-refractivity contribution >= 4 is 44.4 Å². The molecule has 2 aromatic carbocycles. The molecular weight excluding hydrogens is 263 g/mol. The van der Waals surface area contributed by atoms with E-state index in [9.17, 15) is 4.39 Å². The monoisotopic (exact) mass is 270 g/mol. The molecule has 0 spiro atoms. The summed E-state index contributed by atoms with van der Waals surface area (Å²) >= 11 is 6.42. The molecule has 4 rings (SSSR count). The number of aromatic nitrogens is 2. The zero-order valence-electron chi connectivity index (χ0n) is 9.74. The lowest BCUT2D eigenvalue weighted by atomic mass is 10.2. The van der Waals surface area contributed by atoms with E-state index < -0.39 is 0 Å². The van der Waals surface area contributed by atoms with Crippen LogP contribution in [0.15, 0.2) is 42.5 Å². The second kappa shape index (κ2) is 3.68. The highest BCUT2D eigenvalue weighted by molar-refractivity contribution is 6.40. The molecule has 0 unspecified atom stereocenters. The molecule has 1 N–H and O–H groups in total. The average molecular weight is 271 g/mol. The van der Waals surface area contributed by atoms with E-state index in [1.165, 1.54) is 12.1 Å². The summed E-state index contributed by atoms with van der Waals surface area (Å²) in [5.74, 6) is -0.278. The second-order valence-electron chi connectivity index (χ2n) is 4.48. The lowest BCUT2D eigenvalue weighted by Crippen LogP contribution is -1.82. The minimum Gasteiger partial charge on any atom is -0.352 e. The summed E-state index contributed by atoms with van der Waals surface area (Å²) < 4.78 is 13.4. The van der Waals surface area contributed by atoms with Crippen LogP contribution in [0.25, 0.3) is 32.8 Å². The van der Waals surface area contributed by atoms with Crippen LogP contribution in [0.1, 0.15) is 0 Å². The molecule has 2 heterocycles. The van der Waals surface area contributed by atoms with Gasteiger partial charge in [0.05, 0.1) is 21.6 Å². The number of hydrogen-bond donors (Lipinski definition) is 1. The van der Waals surface area contributed by atoms with E-state index in [0.29, 0.717) is 10.5 Å². The molecule has 0 saturated carbocycles. The van der Waals surface area contributed by atoms with Gasteiger partial charge >= 0.3 is 0 Å². The summed E-state index contributed by atoms with van der Waals surface area (Å²) in [5, 5.41) is 2.27. The van der Waals surface area contributed by atoms with Crippen molar-refractivity contribution in [2.45, 2.75) is 0 Å². The smallest absolute Gasteiger partial charge is 0.124 e. The summed E-state index contributed by atoms with van der Waals surface area (Å²) in [4.78, 5) is 7.79. The minimum atomic E-state index is -0.278. The maximum atomic E-state index is 13.4. The van der Waals surface area contributed by atoms with Crippen molar-refractivity contribution in [3.63, 3.8) is 0 Å². The van der Waals surface area contributed by atoms with Crippen molar-refractivity contribution in [2.24, 2.45) is 0 Å². The third kappa shape index (κ3) is 1.45. The molecule has 0 aliphatic heterocycles. The summed E-state index contributed by atoms with van der Waals surface area (Å²) in [7, 11) is 0. The first-order chi connectivity index (χ1) is 9.24. The SMILES string of the molecule is Fc1ccc2[nH]c3c(Cl)c4ccccc4nc3c2c1. The minimum absolute atomic E-state index is 0.278. The lowest BCUT2D eigenvalue weighted by molar-refractivity contribution is 0.630. The molecule has 4 aromatic rings. The maximum Gasteiger partial charge on any atom is 0.124 e. The fourth-order valence-corrected chi connectivity index (χ4v) is 2.73. The summed E-state index contributed by atoms with van der Waals surface area (Å²) in [5.41, 5.74) is 3.10. The molecule has 0 radical (unpaired) electrons. The van der Waals surface area contributed by atoms with Crippen molar-refractivity contribution in [1.29, 1.82) is 0 Å². The largest absolute Gasteiger partial charge is 0.352 e. The standard InChI is InChI=1S/C15H8ClFN2/c16-13-9-3-1-2-4-11(9)18-14-10-7-8(17)5-6-12(10)19-15(13)14/h1-7,19H. The van der Waals surface area contributed by atoms with E-state index in [1.54, 1.807) is 6.07 Å². The molecule has 0 fully saturated rings. The molecule has 2 nitrogen and oxygen atoms in total. The fourth-order valence-electron chi connectivity index (χ4n) is 2.44. The van der Waals surface area contributed by atoms with E-state index in [1.807, 2.05) is 24.3 Å². The highest BCUT2D eigenvalue weighted by Gasteiger charge is 2.12. The number of nitrogens with zero attached hydrogens (tertiary/aromatic N) is 1. The zero-order chi connectivity index (χ0) is 13.0. The number of hydrogen-bond acceptors (Lipinski definition) is 1. The van der Waals surface area contributed by atoms with Crippen molar-refractivity contribution in [1.82, 2.24) is 9.97 Å². The summed E-state index contributed by atoms with van der Waals surface area (Å²) in [6, 6.07) is 12.3. The van der Waals surface area contributed by atoms with Gasteiger partial charge in [0.15, 0.2) is 0 Å². The number of para-hydroxylation sites is 1. The van der Waals surface area contributed by atoms with E-state index in [4.69, 9.17) is 11.6 Å². The predicted molar refractivity (Wildman–Crippen MR) is 76.1 cm³/mol. The Bertz CT molecular complexity index is 943. The first-order valence-electron chi connectivity index (χ1n) is 5.89. The molecule has 0 aliphatic carbocycles. The van der Waals surface area contributed by atoms with E-state index in [2.05, 4.69) is 9.97 Å². The number of rotatable bonds is 0. The number of halogens is 2. The molecule has 2 aromatic heterocycles. The van der Waals surface area contributed by atoms with Gasteiger partial charge in [-0.25, -0.2) is 9.37 Å². The Morgan fingerprint density at radius 1 is 1.05 bits per heavy atom. The number of nitrogens with one attached hydrogen (secondary N) is 1. The summed E-state index contributed by atoms with van der Waals surface area (Å²) in [6.45, 7) is 0. The Hall–Kier alpha value is -2.13. The maximum absolute atomic E-state index is 13.4. The Morgan fingerprint density at radius 2 is 1.89 bits per heavy atom. The van der Waals surface area contributed by atoms with Crippen LogP contribution in [-0.2, 0) is 0 Å². The average Bonchev–Trinajstić information content (AvgIpc) is 2.78. The Kier molecular flexibility index (Phi) is 2.09. The Morgan fingerprint density at radius 3 is 2.79 bits per heavy atom. The van der Waals surface area contributed by atoms with Crippen molar-refractivity contribution in [3.8, 4) is 0 Å². The molecule has 0 amide bonds. The van der Waals surface area contributed by atoms with Gasteiger partial charge in [-0.2, -0.15) is 0 Å². The van der Waals surface area contributed by atoms with Crippen LogP contribution in [0, 0.1) is 5.82 Å². The van der Waals surface area contributed by atoms with Gasteiger partial charge < -0.3 is 4.98 Å². The Balaban J connectivity index is 2.30. The number of H-pyrrole nitrogens is 1. The van der Waals surface area contributed by atoms with Crippen LogP contribution in [0.3, 0.4) is 0 Å². The first-order valence-corrected chi connectivity index (χ1v) is 6.27. The van der Waals surface area contributed by atoms with Crippen LogP contribution in [0.5, 0.6) is 0 Å².